The summed E-state index contributed by atoms with van der Waals surface area (Å²) in [6.45, 7) is 3.44. The van der Waals surface area contributed by atoms with Crippen molar-refractivity contribution in [1.82, 2.24) is 4.98 Å². The Balaban J connectivity index is 1.56. The SMILES string of the molecule is Cc1c(COC(=O)c2ccnc(Cl)c2)oc2c1C(=O)C(=O)c1c-2ccc2c(C)cccc12. The molecule has 0 N–H and O–H groups in total. The van der Waals surface area contributed by atoms with Crippen LogP contribution in [0.4, 0.5) is 0 Å². The van der Waals surface area contributed by atoms with Crippen molar-refractivity contribution < 1.29 is 23.5 Å². The lowest BCUT2D eigenvalue weighted by atomic mass is 9.83. The van der Waals surface area contributed by atoms with Gasteiger partial charge in [-0.2, -0.15) is 0 Å². The van der Waals surface area contributed by atoms with Gasteiger partial charge in [-0.1, -0.05) is 35.9 Å². The number of hydrogen-bond acceptors (Lipinski definition) is 6. The lowest BCUT2D eigenvalue weighted by molar-refractivity contribution is 0.0445. The fourth-order valence-electron chi connectivity index (χ4n) is 4.08. The van der Waals surface area contributed by atoms with Crippen molar-refractivity contribution in [3.8, 4) is 11.3 Å². The molecule has 2 heterocycles. The second-order valence-electron chi connectivity index (χ2n) is 7.61. The average Bonchev–Trinajstić information content (AvgIpc) is 3.12. The fraction of sp³-hybridized carbons (Fsp3) is 0.120. The molecule has 7 heteroatoms. The number of ether oxygens (including phenoxy) is 1. The van der Waals surface area contributed by atoms with Gasteiger partial charge in [-0.05, 0) is 48.4 Å². The highest BCUT2D eigenvalue weighted by Gasteiger charge is 2.37. The number of esters is 1. The monoisotopic (exact) mass is 445 g/mol. The molecule has 1 aliphatic carbocycles. The summed E-state index contributed by atoms with van der Waals surface area (Å²) < 4.78 is 11.3. The van der Waals surface area contributed by atoms with Crippen LogP contribution in [0.5, 0.6) is 0 Å². The quantitative estimate of drug-likeness (QED) is 0.235. The third kappa shape index (κ3) is 3.03. The molecule has 1 aliphatic rings. The number of rotatable bonds is 3. The van der Waals surface area contributed by atoms with E-state index < -0.39 is 17.5 Å². The molecule has 0 atom stereocenters. The highest BCUT2D eigenvalue weighted by atomic mass is 35.5. The summed E-state index contributed by atoms with van der Waals surface area (Å²) in [4.78, 5) is 42.2. The van der Waals surface area contributed by atoms with Crippen LogP contribution in [0.15, 0.2) is 53.1 Å². The van der Waals surface area contributed by atoms with Gasteiger partial charge >= 0.3 is 5.97 Å². The molecule has 2 aromatic carbocycles. The van der Waals surface area contributed by atoms with Gasteiger partial charge in [0.25, 0.3) is 0 Å². The Hall–Kier alpha value is -3.77. The number of ketones is 2. The summed E-state index contributed by atoms with van der Waals surface area (Å²) in [6, 6.07) is 12.2. The van der Waals surface area contributed by atoms with Crippen molar-refractivity contribution in [2.45, 2.75) is 20.5 Å². The van der Waals surface area contributed by atoms with Crippen molar-refractivity contribution in [3.63, 3.8) is 0 Å². The zero-order chi connectivity index (χ0) is 22.6. The number of fused-ring (bicyclic) bond motifs is 5. The second-order valence-corrected chi connectivity index (χ2v) is 8.00. The molecule has 0 bridgehead atoms. The molecule has 0 radical (unpaired) electrons. The minimum Gasteiger partial charge on any atom is -0.456 e. The number of furan rings is 1. The molecule has 0 fully saturated rings. The van der Waals surface area contributed by atoms with Gasteiger partial charge < -0.3 is 9.15 Å². The molecular weight excluding hydrogens is 430 g/mol. The van der Waals surface area contributed by atoms with Crippen molar-refractivity contribution in [1.29, 1.82) is 0 Å². The van der Waals surface area contributed by atoms with Gasteiger partial charge in [0.1, 0.15) is 23.3 Å². The van der Waals surface area contributed by atoms with E-state index in [4.69, 9.17) is 20.8 Å². The Bertz CT molecular complexity index is 1470. The average molecular weight is 446 g/mol. The Morgan fingerprint density at radius 2 is 1.81 bits per heavy atom. The number of Topliss-reactive ketones (excluding diaryl/α,β-unsaturated/α-hetero) is 2. The molecule has 5 rings (SSSR count). The van der Waals surface area contributed by atoms with Gasteiger partial charge in [0.2, 0.25) is 11.6 Å². The maximum absolute atomic E-state index is 13.1. The van der Waals surface area contributed by atoms with Gasteiger partial charge in [-0.15, -0.1) is 0 Å². The van der Waals surface area contributed by atoms with Gasteiger partial charge in [0.15, 0.2) is 0 Å². The first-order valence-electron chi connectivity index (χ1n) is 9.89. The number of hydrogen-bond donors (Lipinski definition) is 0. The number of halogens is 1. The van der Waals surface area contributed by atoms with Crippen molar-refractivity contribution in [2.75, 3.05) is 0 Å². The summed E-state index contributed by atoms with van der Waals surface area (Å²) in [6.07, 6.45) is 1.41. The molecule has 32 heavy (non-hydrogen) atoms. The van der Waals surface area contributed by atoms with Crippen LogP contribution in [-0.4, -0.2) is 22.5 Å². The zero-order valence-corrected chi connectivity index (χ0v) is 17.9. The summed E-state index contributed by atoms with van der Waals surface area (Å²) in [5.74, 6) is -1.17. The van der Waals surface area contributed by atoms with Crippen LogP contribution in [0.25, 0.3) is 22.1 Å². The van der Waals surface area contributed by atoms with E-state index in [2.05, 4.69) is 4.98 Å². The van der Waals surface area contributed by atoms with Crippen molar-refractivity contribution >= 4 is 39.9 Å². The highest BCUT2D eigenvalue weighted by Crippen LogP contribution is 2.41. The first-order valence-corrected chi connectivity index (χ1v) is 10.3. The van der Waals surface area contributed by atoms with Crippen LogP contribution < -0.4 is 0 Å². The lowest BCUT2D eigenvalue weighted by Gasteiger charge is -2.16. The van der Waals surface area contributed by atoms with E-state index in [1.165, 1.54) is 18.3 Å². The van der Waals surface area contributed by atoms with Gasteiger partial charge in [-0.3, -0.25) is 9.59 Å². The number of aryl methyl sites for hydroxylation is 1. The van der Waals surface area contributed by atoms with E-state index in [0.717, 1.165) is 10.9 Å². The predicted molar refractivity (Wildman–Crippen MR) is 118 cm³/mol. The van der Waals surface area contributed by atoms with Gasteiger partial charge in [0, 0.05) is 22.9 Å². The smallest absolute Gasteiger partial charge is 0.338 e. The highest BCUT2D eigenvalue weighted by molar-refractivity contribution is 6.54. The first-order chi connectivity index (χ1) is 15.4. The van der Waals surface area contributed by atoms with E-state index in [9.17, 15) is 14.4 Å². The van der Waals surface area contributed by atoms with Crippen LogP contribution in [0.1, 0.15) is 48.0 Å². The molecular formula is C25H16ClNO5. The first kappa shape index (κ1) is 20.2. The fourth-order valence-corrected chi connectivity index (χ4v) is 4.25. The van der Waals surface area contributed by atoms with E-state index in [1.807, 2.05) is 31.2 Å². The summed E-state index contributed by atoms with van der Waals surface area (Å²) in [7, 11) is 0. The number of aromatic nitrogens is 1. The summed E-state index contributed by atoms with van der Waals surface area (Å²) in [5, 5.41) is 1.79. The Morgan fingerprint density at radius 3 is 2.59 bits per heavy atom. The van der Waals surface area contributed by atoms with Crippen LogP contribution in [0.2, 0.25) is 5.15 Å². The Labute approximate surface area is 187 Å². The molecule has 0 spiro atoms. The predicted octanol–water partition coefficient (Wildman–Crippen LogP) is 5.50. The lowest BCUT2D eigenvalue weighted by Crippen LogP contribution is -2.21. The number of pyridine rings is 1. The maximum atomic E-state index is 13.1. The number of carbonyl (C=O) groups excluding carboxylic acids is 3. The van der Waals surface area contributed by atoms with E-state index >= 15 is 0 Å². The third-order valence-electron chi connectivity index (χ3n) is 5.73. The molecule has 0 amide bonds. The molecule has 6 nitrogen and oxygen atoms in total. The van der Waals surface area contributed by atoms with E-state index in [1.54, 1.807) is 13.0 Å². The summed E-state index contributed by atoms with van der Waals surface area (Å²) in [5.41, 5.74) is 2.85. The second kappa shape index (κ2) is 7.43. The molecule has 158 valence electrons. The third-order valence-corrected chi connectivity index (χ3v) is 5.93. The normalized spacial score (nSPS) is 12.6. The van der Waals surface area contributed by atoms with Gasteiger partial charge in [-0.25, -0.2) is 9.78 Å². The molecule has 4 aromatic rings. The van der Waals surface area contributed by atoms with Crippen molar-refractivity contribution in [3.05, 3.63) is 87.4 Å². The Morgan fingerprint density at radius 1 is 1.03 bits per heavy atom. The van der Waals surface area contributed by atoms with Gasteiger partial charge in [0.05, 0.1) is 11.1 Å². The minimum atomic E-state index is -0.624. The molecule has 0 unspecified atom stereocenters. The van der Waals surface area contributed by atoms with Crippen LogP contribution in [0, 0.1) is 13.8 Å². The number of carbonyl (C=O) groups is 3. The van der Waals surface area contributed by atoms with E-state index in [0.29, 0.717) is 33.6 Å². The summed E-state index contributed by atoms with van der Waals surface area (Å²) >= 11 is 5.82. The van der Waals surface area contributed by atoms with Crippen molar-refractivity contribution in [2.24, 2.45) is 0 Å². The van der Waals surface area contributed by atoms with Crippen LogP contribution in [-0.2, 0) is 11.3 Å². The minimum absolute atomic E-state index is 0.173. The largest absolute Gasteiger partial charge is 0.456 e. The standard InChI is InChI=1S/C25H16ClNO5/c1-12-4-3-5-16-15(12)6-7-17-21(16)23(29)22(28)20-13(2)18(32-24(17)20)11-31-25(30)14-8-9-27-19(26)10-14/h3-10H,11H2,1-2H3. The van der Waals surface area contributed by atoms with Crippen LogP contribution in [0.3, 0.4) is 0 Å². The topological polar surface area (TPSA) is 86.5 Å². The Kier molecular flexibility index (Phi) is 4.68. The van der Waals surface area contributed by atoms with E-state index in [-0.39, 0.29) is 22.9 Å². The van der Waals surface area contributed by atoms with Crippen LogP contribution >= 0.6 is 11.6 Å². The number of nitrogens with zero attached hydrogens (tertiary/aromatic N) is 1. The molecule has 0 saturated heterocycles. The zero-order valence-electron chi connectivity index (χ0n) is 17.2. The molecule has 0 aliphatic heterocycles. The maximum Gasteiger partial charge on any atom is 0.338 e. The molecule has 0 saturated carbocycles. The number of benzene rings is 2. The molecule has 2 aromatic heterocycles.